The molecule has 0 spiro atoms. The van der Waals surface area contributed by atoms with Crippen molar-refractivity contribution in [2.75, 3.05) is 0 Å². The number of aliphatic imine (C=N–C) groups is 1. The summed E-state index contributed by atoms with van der Waals surface area (Å²) in [7, 11) is 0. The minimum Gasteiger partial charge on any atom is -0.310 e. The number of amides is 1. The number of carbonyl (C=O) groups excluding carboxylic acids is 1. The number of allylic oxidation sites excluding steroid dienone is 1. The third-order valence-electron chi connectivity index (χ3n) is 4.51. The van der Waals surface area contributed by atoms with Crippen molar-refractivity contribution >= 4 is 11.7 Å². The van der Waals surface area contributed by atoms with Crippen LogP contribution in [-0.4, -0.2) is 11.7 Å². The van der Waals surface area contributed by atoms with Crippen molar-refractivity contribution in [3.05, 3.63) is 61.3 Å². The van der Waals surface area contributed by atoms with Crippen LogP contribution in [0, 0.1) is 11.8 Å². The molecule has 1 N–H and O–H groups in total. The summed E-state index contributed by atoms with van der Waals surface area (Å²) < 4.78 is 0. The largest absolute Gasteiger partial charge is 0.310 e. The van der Waals surface area contributed by atoms with E-state index < -0.39 is 0 Å². The van der Waals surface area contributed by atoms with Crippen LogP contribution in [0.25, 0.3) is 0 Å². The van der Waals surface area contributed by atoms with Crippen LogP contribution in [0.2, 0.25) is 0 Å². The van der Waals surface area contributed by atoms with Gasteiger partial charge in [-0.05, 0) is 43.2 Å². The standard InChI is InChI=1S/C21H28N2O/c1-3-8-17(11-12-18-13-14-18)15-16-20(22-4-2)23-21(24)19-9-6-5-7-10-19/h3-7,9-10,17-18H,1-2,8,11-16H2,(H,22,23,24). The van der Waals surface area contributed by atoms with Crippen molar-refractivity contribution in [1.29, 1.82) is 0 Å². The highest BCUT2D eigenvalue weighted by Gasteiger charge is 2.22. The molecule has 0 radical (unpaired) electrons. The third-order valence-corrected chi connectivity index (χ3v) is 4.51. The lowest BCUT2D eigenvalue weighted by molar-refractivity contribution is 0.0976. The zero-order chi connectivity index (χ0) is 17.2. The van der Waals surface area contributed by atoms with Crippen molar-refractivity contribution in [3.63, 3.8) is 0 Å². The fraction of sp³-hybridized carbons (Fsp3) is 0.429. The first-order valence-corrected chi connectivity index (χ1v) is 8.87. The van der Waals surface area contributed by atoms with Crippen LogP contribution >= 0.6 is 0 Å². The van der Waals surface area contributed by atoms with E-state index in [0.717, 1.165) is 25.2 Å². The Morgan fingerprint density at radius 1 is 1.25 bits per heavy atom. The van der Waals surface area contributed by atoms with E-state index >= 15 is 0 Å². The van der Waals surface area contributed by atoms with Crippen molar-refractivity contribution in [1.82, 2.24) is 5.32 Å². The highest BCUT2D eigenvalue weighted by atomic mass is 16.1. The van der Waals surface area contributed by atoms with Crippen LogP contribution in [-0.2, 0) is 0 Å². The lowest BCUT2D eigenvalue weighted by Crippen LogP contribution is -2.30. The topological polar surface area (TPSA) is 41.5 Å². The highest BCUT2D eigenvalue weighted by molar-refractivity contribution is 6.06. The normalized spacial score (nSPS) is 15.6. The molecule has 0 aromatic heterocycles. The van der Waals surface area contributed by atoms with Crippen molar-refractivity contribution < 1.29 is 4.79 Å². The molecule has 1 unspecified atom stereocenters. The molecule has 128 valence electrons. The first kappa shape index (κ1) is 18.2. The summed E-state index contributed by atoms with van der Waals surface area (Å²) >= 11 is 0. The van der Waals surface area contributed by atoms with E-state index in [2.05, 4.69) is 23.5 Å². The van der Waals surface area contributed by atoms with Crippen LogP contribution in [0.1, 0.15) is 55.3 Å². The van der Waals surface area contributed by atoms with Gasteiger partial charge in [0.2, 0.25) is 0 Å². The second-order valence-corrected chi connectivity index (χ2v) is 6.53. The molecule has 1 aromatic rings. The minimum absolute atomic E-state index is 0.116. The molecule has 1 fully saturated rings. The van der Waals surface area contributed by atoms with E-state index in [9.17, 15) is 4.79 Å². The Morgan fingerprint density at radius 3 is 2.62 bits per heavy atom. The minimum atomic E-state index is -0.116. The maximum absolute atomic E-state index is 12.3. The molecule has 1 saturated carbocycles. The molecule has 2 rings (SSSR count). The Hall–Kier alpha value is -2.16. The Morgan fingerprint density at radius 2 is 2.00 bits per heavy atom. The van der Waals surface area contributed by atoms with Gasteiger partial charge in [-0.1, -0.05) is 50.1 Å². The molecule has 0 bridgehead atoms. The van der Waals surface area contributed by atoms with Gasteiger partial charge in [0.05, 0.1) is 0 Å². The Balaban J connectivity index is 1.86. The van der Waals surface area contributed by atoms with Crippen LogP contribution in [0.3, 0.4) is 0 Å². The number of nitrogens with one attached hydrogen (secondary N) is 1. The average Bonchev–Trinajstić information content (AvgIpc) is 3.42. The van der Waals surface area contributed by atoms with Gasteiger partial charge in [0, 0.05) is 18.2 Å². The molecule has 0 aliphatic heterocycles. The van der Waals surface area contributed by atoms with E-state index in [-0.39, 0.29) is 5.91 Å². The monoisotopic (exact) mass is 324 g/mol. The van der Waals surface area contributed by atoms with Crippen molar-refractivity contribution in [2.45, 2.75) is 44.9 Å². The van der Waals surface area contributed by atoms with Gasteiger partial charge < -0.3 is 5.32 Å². The summed E-state index contributed by atoms with van der Waals surface area (Å²) in [5.74, 6) is 2.15. The van der Waals surface area contributed by atoms with Gasteiger partial charge in [0.15, 0.2) is 0 Å². The molecular weight excluding hydrogens is 296 g/mol. The molecule has 3 heteroatoms. The maximum Gasteiger partial charge on any atom is 0.256 e. The molecule has 1 aromatic carbocycles. The molecule has 0 heterocycles. The predicted octanol–water partition coefficient (Wildman–Crippen LogP) is 5.12. The fourth-order valence-electron chi connectivity index (χ4n) is 2.90. The Kier molecular flexibility index (Phi) is 7.47. The maximum atomic E-state index is 12.3. The van der Waals surface area contributed by atoms with Gasteiger partial charge in [-0.2, -0.15) is 0 Å². The zero-order valence-electron chi connectivity index (χ0n) is 14.4. The van der Waals surface area contributed by atoms with E-state index in [1.54, 1.807) is 12.1 Å². The van der Waals surface area contributed by atoms with Gasteiger partial charge in [-0.3, -0.25) is 4.79 Å². The number of amidine groups is 1. The summed E-state index contributed by atoms with van der Waals surface area (Å²) in [4.78, 5) is 16.5. The number of benzene rings is 1. The fourth-order valence-corrected chi connectivity index (χ4v) is 2.90. The van der Waals surface area contributed by atoms with E-state index in [1.807, 2.05) is 24.3 Å². The number of nitrogens with zero attached hydrogens (tertiary/aromatic N) is 1. The first-order valence-electron chi connectivity index (χ1n) is 8.87. The number of carbonyl (C=O) groups is 1. The summed E-state index contributed by atoms with van der Waals surface area (Å²) in [5, 5.41) is 2.92. The van der Waals surface area contributed by atoms with Gasteiger partial charge in [0.25, 0.3) is 5.91 Å². The van der Waals surface area contributed by atoms with Crippen LogP contribution < -0.4 is 5.32 Å². The van der Waals surface area contributed by atoms with Crippen LogP contribution in [0.4, 0.5) is 0 Å². The summed E-state index contributed by atoms with van der Waals surface area (Å²) in [6.45, 7) is 7.54. The molecule has 0 saturated heterocycles. The SMILES string of the molecule is C=CCC(CCC(=NC=C)NC(=O)c1ccccc1)CCC1CC1. The molecule has 1 atom stereocenters. The third kappa shape index (κ3) is 6.53. The lowest BCUT2D eigenvalue weighted by atomic mass is 9.93. The highest BCUT2D eigenvalue weighted by Crippen LogP contribution is 2.35. The van der Waals surface area contributed by atoms with E-state index in [1.165, 1.54) is 31.9 Å². The molecule has 1 amide bonds. The first-order chi connectivity index (χ1) is 11.7. The predicted molar refractivity (Wildman–Crippen MR) is 101 cm³/mol. The van der Waals surface area contributed by atoms with Gasteiger partial charge >= 0.3 is 0 Å². The van der Waals surface area contributed by atoms with Crippen LogP contribution in [0.15, 0.2) is 60.8 Å². The zero-order valence-corrected chi connectivity index (χ0v) is 14.4. The quantitative estimate of drug-likeness (QED) is 0.362. The Bertz CT molecular complexity index is 573. The van der Waals surface area contributed by atoms with E-state index in [0.29, 0.717) is 17.3 Å². The molecule has 3 nitrogen and oxygen atoms in total. The van der Waals surface area contributed by atoms with Crippen molar-refractivity contribution in [3.8, 4) is 0 Å². The summed E-state index contributed by atoms with van der Waals surface area (Å²) in [5.41, 5.74) is 0.644. The molecule has 1 aliphatic rings. The summed E-state index contributed by atoms with van der Waals surface area (Å²) in [6.07, 6.45) is 11.7. The lowest BCUT2D eigenvalue weighted by Gasteiger charge is -2.16. The number of hydrogen-bond donors (Lipinski definition) is 1. The van der Waals surface area contributed by atoms with Crippen LogP contribution in [0.5, 0.6) is 0 Å². The van der Waals surface area contributed by atoms with Gasteiger partial charge in [-0.15, -0.1) is 6.58 Å². The molecular formula is C21H28N2O. The summed E-state index contributed by atoms with van der Waals surface area (Å²) in [6, 6.07) is 9.22. The smallest absolute Gasteiger partial charge is 0.256 e. The van der Waals surface area contributed by atoms with E-state index in [4.69, 9.17) is 0 Å². The van der Waals surface area contributed by atoms with Gasteiger partial charge in [-0.25, -0.2) is 4.99 Å². The second kappa shape index (κ2) is 9.86. The average molecular weight is 324 g/mol. The Labute approximate surface area is 145 Å². The molecule has 24 heavy (non-hydrogen) atoms. The van der Waals surface area contributed by atoms with Crippen molar-refractivity contribution in [2.24, 2.45) is 16.8 Å². The second-order valence-electron chi connectivity index (χ2n) is 6.53. The molecule has 1 aliphatic carbocycles. The number of rotatable bonds is 10. The van der Waals surface area contributed by atoms with Gasteiger partial charge in [0.1, 0.15) is 5.84 Å². The number of hydrogen-bond acceptors (Lipinski definition) is 2.